The van der Waals surface area contributed by atoms with Gasteiger partial charge in [0.2, 0.25) is 0 Å². The minimum atomic E-state index is 0. The van der Waals surface area contributed by atoms with Gasteiger partial charge >= 0.3 is 0 Å². The minimum absolute atomic E-state index is 0. The van der Waals surface area contributed by atoms with Crippen LogP contribution in [-0.2, 0) is 0 Å². The molecule has 106 valence electrons. The number of halogens is 2. The minimum Gasteiger partial charge on any atom is -1.00 e. The fraction of sp³-hybridized carbons (Fsp3) is 1.00. The predicted molar refractivity (Wildman–Crippen MR) is 74.5 cm³/mol. The van der Waals surface area contributed by atoms with Crippen LogP contribution >= 0.6 is 11.6 Å². The molecule has 0 saturated heterocycles. The molecular formula is C14H31Cl2N. The zero-order chi connectivity index (χ0) is 12.2. The molecular weight excluding hydrogens is 253 g/mol. The van der Waals surface area contributed by atoms with Gasteiger partial charge < -0.3 is 17.3 Å². The standard InChI is InChI=1S/C14H30ClN.ClH/c1-4-5-6-7-8-9-10-11-12-14(15)13-16(2)3;/h14H,4-13H2,1-3H3;1H. The fourth-order valence-electron chi connectivity index (χ4n) is 2.04. The normalized spacial score (nSPS) is 12.5. The van der Waals surface area contributed by atoms with Crippen LogP contribution in [0.5, 0.6) is 0 Å². The summed E-state index contributed by atoms with van der Waals surface area (Å²) in [7, 11) is 4.34. The van der Waals surface area contributed by atoms with E-state index in [1.165, 1.54) is 62.7 Å². The first-order valence-corrected chi connectivity index (χ1v) is 7.53. The number of unbranched alkanes of at least 4 members (excludes halogenated alkanes) is 7. The molecule has 0 amide bonds. The number of alkyl halides is 1. The Morgan fingerprint density at radius 3 is 1.82 bits per heavy atom. The summed E-state index contributed by atoms with van der Waals surface area (Å²) in [5.74, 6) is 0. The lowest BCUT2D eigenvalue weighted by Crippen LogP contribution is -3.06. The second-order valence-electron chi connectivity index (χ2n) is 5.27. The monoisotopic (exact) mass is 283 g/mol. The van der Waals surface area contributed by atoms with Crippen molar-refractivity contribution in [1.29, 1.82) is 0 Å². The lowest BCUT2D eigenvalue weighted by molar-refractivity contribution is -0.857. The molecule has 0 bridgehead atoms. The number of quaternary nitrogens is 1. The number of rotatable bonds is 11. The van der Waals surface area contributed by atoms with E-state index in [2.05, 4.69) is 21.0 Å². The molecule has 0 aromatic rings. The van der Waals surface area contributed by atoms with Crippen LogP contribution < -0.4 is 17.3 Å². The van der Waals surface area contributed by atoms with Gasteiger partial charge in [-0.2, -0.15) is 0 Å². The number of nitrogens with one attached hydrogen (secondary N) is 1. The highest BCUT2D eigenvalue weighted by molar-refractivity contribution is 6.20. The topological polar surface area (TPSA) is 4.44 Å². The number of hydrogen-bond acceptors (Lipinski definition) is 0. The molecule has 17 heavy (non-hydrogen) atoms. The van der Waals surface area contributed by atoms with Gasteiger partial charge in [-0.05, 0) is 6.42 Å². The highest BCUT2D eigenvalue weighted by Gasteiger charge is 2.07. The van der Waals surface area contributed by atoms with Crippen molar-refractivity contribution in [2.45, 2.75) is 70.1 Å². The van der Waals surface area contributed by atoms with Crippen LogP contribution in [0.2, 0.25) is 0 Å². The maximum Gasteiger partial charge on any atom is 0.0933 e. The van der Waals surface area contributed by atoms with E-state index < -0.39 is 0 Å². The van der Waals surface area contributed by atoms with Crippen molar-refractivity contribution in [2.24, 2.45) is 0 Å². The van der Waals surface area contributed by atoms with Crippen LogP contribution in [0.15, 0.2) is 0 Å². The average Bonchev–Trinajstić information content (AvgIpc) is 2.21. The van der Waals surface area contributed by atoms with E-state index in [1.54, 1.807) is 0 Å². The molecule has 0 aromatic carbocycles. The van der Waals surface area contributed by atoms with Gasteiger partial charge in [0.05, 0.1) is 26.0 Å². The molecule has 3 heteroatoms. The Bertz CT molecular complexity index is 140. The largest absolute Gasteiger partial charge is 1.00 e. The maximum absolute atomic E-state index is 6.24. The molecule has 0 radical (unpaired) electrons. The summed E-state index contributed by atoms with van der Waals surface area (Å²) >= 11 is 6.24. The molecule has 0 saturated carbocycles. The first kappa shape index (κ1) is 19.9. The quantitative estimate of drug-likeness (QED) is 0.410. The van der Waals surface area contributed by atoms with Crippen LogP contribution in [0, 0.1) is 0 Å². The summed E-state index contributed by atoms with van der Waals surface area (Å²) in [4.78, 5) is 1.46. The molecule has 0 rings (SSSR count). The molecule has 0 fully saturated rings. The Morgan fingerprint density at radius 2 is 1.35 bits per heavy atom. The second kappa shape index (κ2) is 14.6. The lowest BCUT2D eigenvalue weighted by atomic mass is 10.1. The van der Waals surface area contributed by atoms with Crippen LogP contribution in [0.3, 0.4) is 0 Å². The zero-order valence-electron chi connectivity index (χ0n) is 11.9. The van der Waals surface area contributed by atoms with Gasteiger partial charge in [-0.25, -0.2) is 0 Å². The third-order valence-electron chi connectivity index (χ3n) is 3.00. The van der Waals surface area contributed by atoms with Gasteiger partial charge in [0, 0.05) is 0 Å². The summed E-state index contributed by atoms with van der Waals surface area (Å²) in [6.45, 7) is 3.37. The van der Waals surface area contributed by atoms with E-state index in [-0.39, 0.29) is 12.4 Å². The van der Waals surface area contributed by atoms with Crippen molar-refractivity contribution in [3.05, 3.63) is 0 Å². The SMILES string of the molecule is CCCCCCCCCCC(Cl)C[NH+](C)C.[Cl-]. The van der Waals surface area contributed by atoms with E-state index in [4.69, 9.17) is 11.6 Å². The summed E-state index contributed by atoms with van der Waals surface area (Å²) in [6, 6.07) is 0. The van der Waals surface area contributed by atoms with E-state index in [9.17, 15) is 0 Å². The summed E-state index contributed by atoms with van der Waals surface area (Å²) < 4.78 is 0. The summed E-state index contributed by atoms with van der Waals surface area (Å²) in [6.07, 6.45) is 12.3. The molecule has 0 aliphatic carbocycles. The second-order valence-corrected chi connectivity index (χ2v) is 5.89. The Hall–Kier alpha value is 0.540. The van der Waals surface area contributed by atoms with Crippen molar-refractivity contribution >= 4 is 11.6 Å². The van der Waals surface area contributed by atoms with Crippen LogP contribution in [0.4, 0.5) is 0 Å². The van der Waals surface area contributed by atoms with Gasteiger partial charge in [-0.15, -0.1) is 11.6 Å². The molecule has 0 aliphatic rings. The third-order valence-corrected chi connectivity index (χ3v) is 3.37. The third kappa shape index (κ3) is 16.5. The maximum atomic E-state index is 6.24. The molecule has 1 N–H and O–H groups in total. The van der Waals surface area contributed by atoms with Crippen molar-refractivity contribution in [2.75, 3.05) is 20.6 Å². The van der Waals surface area contributed by atoms with E-state index >= 15 is 0 Å². The highest BCUT2D eigenvalue weighted by Crippen LogP contribution is 2.12. The van der Waals surface area contributed by atoms with Gasteiger partial charge in [0.15, 0.2) is 0 Å². The Labute approximate surface area is 120 Å². The van der Waals surface area contributed by atoms with E-state index in [0.717, 1.165) is 6.54 Å². The Kier molecular flexibility index (Phi) is 17.1. The highest BCUT2D eigenvalue weighted by atomic mass is 35.5. The van der Waals surface area contributed by atoms with Crippen molar-refractivity contribution in [1.82, 2.24) is 0 Å². The first-order chi connectivity index (χ1) is 7.66. The van der Waals surface area contributed by atoms with E-state index in [0.29, 0.717) is 5.38 Å². The predicted octanol–water partition coefficient (Wildman–Crippen LogP) is 0.273. The van der Waals surface area contributed by atoms with Crippen LogP contribution in [0.25, 0.3) is 0 Å². The molecule has 0 aromatic heterocycles. The van der Waals surface area contributed by atoms with E-state index in [1.807, 2.05) is 0 Å². The Balaban J connectivity index is 0. The van der Waals surface area contributed by atoms with Gasteiger partial charge in [-0.1, -0.05) is 58.3 Å². The van der Waals surface area contributed by atoms with Crippen molar-refractivity contribution in [3.8, 4) is 0 Å². The zero-order valence-corrected chi connectivity index (χ0v) is 13.4. The molecule has 1 atom stereocenters. The molecule has 0 spiro atoms. The number of hydrogen-bond donors (Lipinski definition) is 1. The van der Waals surface area contributed by atoms with Crippen LogP contribution in [0.1, 0.15) is 64.7 Å². The average molecular weight is 284 g/mol. The summed E-state index contributed by atoms with van der Waals surface area (Å²) in [5, 5.41) is 0.380. The molecule has 1 unspecified atom stereocenters. The molecule has 0 heterocycles. The first-order valence-electron chi connectivity index (χ1n) is 7.10. The molecule has 1 nitrogen and oxygen atoms in total. The lowest BCUT2D eigenvalue weighted by Gasteiger charge is -2.12. The summed E-state index contributed by atoms with van der Waals surface area (Å²) in [5.41, 5.74) is 0. The van der Waals surface area contributed by atoms with Gasteiger partial charge in [0.1, 0.15) is 0 Å². The van der Waals surface area contributed by atoms with Gasteiger partial charge in [-0.3, -0.25) is 0 Å². The Morgan fingerprint density at radius 1 is 0.882 bits per heavy atom. The smallest absolute Gasteiger partial charge is 0.0933 e. The molecule has 0 aliphatic heterocycles. The fourth-order valence-corrected chi connectivity index (χ4v) is 2.51. The van der Waals surface area contributed by atoms with Crippen molar-refractivity contribution in [3.63, 3.8) is 0 Å². The van der Waals surface area contributed by atoms with Crippen molar-refractivity contribution < 1.29 is 17.3 Å². The van der Waals surface area contributed by atoms with Crippen LogP contribution in [-0.4, -0.2) is 26.0 Å². The van der Waals surface area contributed by atoms with Gasteiger partial charge in [0.25, 0.3) is 0 Å².